The maximum absolute atomic E-state index is 13.3. The number of benzene rings is 2. The summed E-state index contributed by atoms with van der Waals surface area (Å²) in [6.45, 7) is 8.14. The van der Waals surface area contributed by atoms with Gasteiger partial charge in [-0.3, -0.25) is 0 Å². The predicted molar refractivity (Wildman–Crippen MR) is 146 cm³/mol. The van der Waals surface area contributed by atoms with Crippen LogP contribution in [0.3, 0.4) is 0 Å². The standard InChI is InChI=1S/C30H32F3N5O2/c1-17(2)21-7-5-6-8-22(21)27-36-25-23(13-14-29(25,39)40)26(37-27)34-15-19-9-11-20(12-10-19)28-35-24(30(31,32)33)16-38(28)18(3)4/h5-12,16-18,39-40H,13-15H2,1-4H3,(H,34,36,37). The van der Waals surface area contributed by atoms with Crippen LogP contribution in [0.15, 0.2) is 54.7 Å². The van der Waals surface area contributed by atoms with Crippen molar-refractivity contribution in [2.24, 2.45) is 0 Å². The number of anilines is 1. The van der Waals surface area contributed by atoms with Gasteiger partial charge in [-0.2, -0.15) is 13.2 Å². The molecule has 4 aromatic rings. The second kappa shape index (κ2) is 10.3. The summed E-state index contributed by atoms with van der Waals surface area (Å²) >= 11 is 0. The first-order valence-corrected chi connectivity index (χ1v) is 13.3. The molecular weight excluding hydrogens is 519 g/mol. The molecule has 0 aliphatic heterocycles. The van der Waals surface area contributed by atoms with Gasteiger partial charge >= 0.3 is 6.18 Å². The zero-order valence-corrected chi connectivity index (χ0v) is 22.8. The first-order valence-electron chi connectivity index (χ1n) is 13.3. The van der Waals surface area contributed by atoms with Gasteiger partial charge in [-0.15, -0.1) is 0 Å². The van der Waals surface area contributed by atoms with E-state index in [0.717, 1.165) is 22.9 Å². The Hall–Kier alpha value is -3.76. The fourth-order valence-corrected chi connectivity index (χ4v) is 5.04. The van der Waals surface area contributed by atoms with Crippen molar-refractivity contribution >= 4 is 5.82 Å². The second-order valence-electron chi connectivity index (χ2n) is 10.8. The molecule has 2 aromatic heterocycles. The van der Waals surface area contributed by atoms with E-state index in [-0.39, 0.29) is 29.9 Å². The lowest BCUT2D eigenvalue weighted by atomic mass is 9.96. The summed E-state index contributed by atoms with van der Waals surface area (Å²) in [5, 5.41) is 24.6. The molecule has 0 unspecified atom stereocenters. The van der Waals surface area contributed by atoms with Gasteiger partial charge in [0.15, 0.2) is 11.5 Å². The van der Waals surface area contributed by atoms with Crippen LogP contribution in [0.25, 0.3) is 22.8 Å². The van der Waals surface area contributed by atoms with Crippen LogP contribution in [-0.2, 0) is 24.9 Å². The Kier molecular flexibility index (Phi) is 7.18. The Morgan fingerprint density at radius 2 is 1.68 bits per heavy atom. The molecule has 0 amide bonds. The van der Waals surface area contributed by atoms with Gasteiger partial charge in [-0.25, -0.2) is 15.0 Å². The van der Waals surface area contributed by atoms with Crippen molar-refractivity contribution in [1.82, 2.24) is 19.5 Å². The third kappa shape index (κ3) is 5.33. The maximum Gasteiger partial charge on any atom is 0.434 e. The minimum absolute atomic E-state index is 0.123. The summed E-state index contributed by atoms with van der Waals surface area (Å²) in [5.74, 6) is -0.624. The molecule has 0 saturated heterocycles. The first-order chi connectivity index (χ1) is 18.8. The smallest absolute Gasteiger partial charge is 0.366 e. The van der Waals surface area contributed by atoms with Crippen molar-refractivity contribution in [3.63, 3.8) is 0 Å². The molecule has 40 heavy (non-hydrogen) atoms. The van der Waals surface area contributed by atoms with Crippen LogP contribution < -0.4 is 5.32 Å². The van der Waals surface area contributed by atoms with Gasteiger partial charge in [0.05, 0.1) is 0 Å². The van der Waals surface area contributed by atoms with Crippen LogP contribution in [0, 0.1) is 0 Å². The number of alkyl halides is 3. The first kappa shape index (κ1) is 27.8. The molecule has 3 N–H and O–H groups in total. The van der Waals surface area contributed by atoms with E-state index in [4.69, 9.17) is 4.98 Å². The molecule has 0 bridgehead atoms. The summed E-state index contributed by atoms with van der Waals surface area (Å²) in [6, 6.07) is 14.8. The highest BCUT2D eigenvalue weighted by atomic mass is 19.4. The molecule has 5 rings (SSSR count). The lowest BCUT2D eigenvalue weighted by Gasteiger charge is -2.19. The van der Waals surface area contributed by atoms with E-state index in [1.807, 2.05) is 50.2 Å². The predicted octanol–water partition coefficient (Wildman–Crippen LogP) is 6.43. The number of halogens is 3. The summed E-state index contributed by atoms with van der Waals surface area (Å²) < 4.78 is 41.4. The number of nitrogens with one attached hydrogen (secondary N) is 1. The Balaban J connectivity index is 1.44. The van der Waals surface area contributed by atoms with E-state index in [2.05, 4.69) is 29.1 Å². The van der Waals surface area contributed by atoms with Crippen molar-refractivity contribution in [3.8, 4) is 22.8 Å². The Morgan fingerprint density at radius 3 is 2.33 bits per heavy atom. The molecule has 1 aliphatic carbocycles. The number of hydrogen-bond donors (Lipinski definition) is 3. The highest BCUT2D eigenvalue weighted by Crippen LogP contribution is 2.39. The van der Waals surface area contributed by atoms with Crippen LogP contribution in [0.2, 0.25) is 0 Å². The third-order valence-electron chi connectivity index (χ3n) is 7.18. The largest absolute Gasteiger partial charge is 0.434 e. The Bertz CT molecular complexity index is 1530. The van der Waals surface area contributed by atoms with Gasteiger partial charge in [0.2, 0.25) is 5.79 Å². The minimum Gasteiger partial charge on any atom is -0.366 e. The van der Waals surface area contributed by atoms with Crippen molar-refractivity contribution in [1.29, 1.82) is 0 Å². The van der Waals surface area contributed by atoms with Crippen LogP contribution >= 0.6 is 0 Å². The number of nitrogens with zero attached hydrogens (tertiary/aromatic N) is 4. The summed E-state index contributed by atoms with van der Waals surface area (Å²) in [5.41, 5.74) is 3.27. The van der Waals surface area contributed by atoms with Gasteiger partial charge in [0.25, 0.3) is 0 Å². The molecule has 0 saturated carbocycles. The average molecular weight is 552 g/mol. The van der Waals surface area contributed by atoms with Gasteiger partial charge in [-0.05, 0) is 37.3 Å². The quantitative estimate of drug-likeness (QED) is 0.229. The minimum atomic E-state index is -4.52. The lowest BCUT2D eigenvalue weighted by molar-refractivity contribution is -0.169. The van der Waals surface area contributed by atoms with Crippen molar-refractivity contribution in [3.05, 3.63) is 82.8 Å². The number of aliphatic hydroxyl groups is 2. The molecule has 2 heterocycles. The van der Waals surface area contributed by atoms with Crippen molar-refractivity contribution in [2.45, 2.75) is 71.0 Å². The fraction of sp³-hybridized carbons (Fsp3) is 0.367. The molecule has 0 atom stereocenters. The number of hydrogen-bond acceptors (Lipinski definition) is 6. The maximum atomic E-state index is 13.3. The molecule has 1 aliphatic rings. The lowest BCUT2D eigenvalue weighted by Crippen LogP contribution is -2.23. The SMILES string of the molecule is CC(C)c1ccccc1-c1nc(NCc2ccc(-c3nc(C(F)(F)F)cn3C(C)C)cc2)c2c(n1)C(O)(O)CC2. The number of aromatic nitrogens is 4. The van der Waals surface area contributed by atoms with E-state index in [9.17, 15) is 23.4 Å². The third-order valence-corrected chi connectivity index (χ3v) is 7.18. The van der Waals surface area contributed by atoms with Gasteiger partial charge < -0.3 is 20.1 Å². The highest BCUT2D eigenvalue weighted by Gasteiger charge is 2.39. The molecule has 210 valence electrons. The monoisotopic (exact) mass is 551 g/mol. The zero-order chi connectivity index (χ0) is 28.8. The van der Waals surface area contributed by atoms with Crippen LogP contribution in [0.5, 0.6) is 0 Å². The second-order valence-corrected chi connectivity index (χ2v) is 10.8. The average Bonchev–Trinajstić information content (AvgIpc) is 3.50. The van der Waals surface area contributed by atoms with Gasteiger partial charge in [0, 0.05) is 41.9 Å². The fourth-order valence-electron chi connectivity index (χ4n) is 5.04. The van der Waals surface area contributed by atoms with E-state index in [1.165, 1.54) is 4.57 Å². The number of imidazole rings is 1. The van der Waals surface area contributed by atoms with E-state index < -0.39 is 17.7 Å². The zero-order valence-electron chi connectivity index (χ0n) is 22.8. The van der Waals surface area contributed by atoms with Crippen LogP contribution in [0.4, 0.5) is 19.0 Å². The molecule has 2 aromatic carbocycles. The molecular formula is C30H32F3N5O2. The number of fused-ring (bicyclic) bond motifs is 1. The van der Waals surface area contributed by atoms with Gasteiger partial charge in [-0.1, -0.05) is 62.4 Å². The topological polar surface area (TPSA) is 96.1 Å². The van der Waals surface area contributed by atoms with Crippen molar-refractivity contribution < 1.29 is 23.4 Å². The van der Waals surface area contributed by atoms with Crippen LogP contribution in [0.1, 0.15) is 74.2 Å². The summed E-state index contributed by atoms with van der Waals surface area (Å²) in [7, 11) is 0. The number of rotatable bonds is 7. The molecule has 7 nitrogen and oxygen atoms in total. The van der Waals surface area contributed by atoms with E-state index >= 15 is 0 Å². The summed E-state index contributed by atoms with van der Waals surface area (Å²) in [4.78, 5) is 13.2. The molecule has 10 heteroatoms. The summed E-state index contributed by atoms with van der Waals surface area (Å²) in [6.07, 6.45) is -2.94. The Morgan fingerprint density at radius 1 is 0.975 bits per heavy atom. The van der Waals surface area contributed by atoms with E-state index in [0.29, 0.717) is 35.7 Å². The normalized spacial score (nSPS) is 14.7. The molecule has 0 fully saturated rings. The van der Waals surface area contributed by atoms with Crippen molar-refractivity contribution in [2.75, 3.05) is 5.32 Å². The molecule has 0 spiro atoms. The highest BCUT2D eigenvalue weighted by molar-refractivity contribution is 5.65. The van der Waals surface area contributed by atoms with Crippen LogP contribution in [-0.4, -0.2) is 29.7 Å². The van der Waals surface area contributed by atoms with Gasteiger partial charge in [0.1, 0.15) is 17.3 Å². The Labute approximate surface area is 230 Å². The molecule has 0 radical (unpaired) electrons. The van der Waals surface area contributed by atoms with E-state index in [1.54, 1.807) is 12.1 Å².